The van der Waals surface area contributed by atoms with Gasteiger partial charge >= 0.3 is 0 Å². The SMILES string of the molecule is CCCCC[C@]12CC[C@H]3[C@@H](CC[C@@H]4C[C@H](O)CC[C@@]43C)[C@@H]1CC[C@@H]2OC. The molecule has 150 valence electrons. The van der Waals surface area contributed by atoms with Crippen molar-refractivity contribution in [1.29, 1.82) is 0 Å². The van der Waals surface area contributed by atoms with Crippen LogP contribution in [0.4, 0.5) is 0 Å². The maximum atomic E-state index is 10.2. The predicted octanol–water partition coefficient (Wildman–Crippen LogP) is 5.97. The van der Waals surface area contributed by atoms with Crippen LogP contribution in [0.3, 0.4) is 0 Å². The van der Waals surface area contributed by atoms with Gasteiger partial charge in [-0.25, -0.2) is 0 Å². The molecule has 2 heteroatoms. The Kier molecular flexibility index (Phi) is 5.47. The number of aliphatic hydroxyl groups excluding tert-OH is 1. The average Bonchev–Trinajstić information content (AvgIpc) is 3.01. The first-order chi connectivity index (χ1) is 12.5. The lowest BCUT2D eigenvalue weighted by Crippen LogP contribution is -2.55. The van der Waals surface area contributed by atoms with Crippen LogP contribution in [0.2, 0.25) is 0 Å². The molecule has 0 aliphatic heterocycles. The van der Waals surface area contributed by atoms with E-state index in [0.29, 0.717) is 16.9 Å². The molecule has 4 rings (SSSR count). The van der Waals surface area contributed by atoms with Crippen molar-refractivity contribution >= 4 is 0 Å². The van der Waals surface area contributed by atoms with Crippen LogP contribution < -0.4 is 0 Å². The van der Waals surface area contributed by atoms with E-state index < -0.39 is 0 Å². The van der Waals surface area contributed by atoms with Crippen molar-refractivity contribution in [3.63, 3.8) is 0 Å². The van der Waals surface area contributed by atoms with Gasteiger partial charge < -0.3 is 9.84 Å². The third kappa shape index (κ3) is 2.89. The second kappa shape index (κ2) is 7.39. The molecular weight excluding hydrogens is 320 g/mol. The summed E-state index contributed by atoms with van der Waals surface area (Å²) in [6, 6.07) is 0. The number of fused-ring (bicyclic) bond motifs is 5. The van der Waals surface area contributed by atoms with Crippen molar-refractivity contribution in [3.05, 3.63) is 0 Å². The normalized spacial score (nSPS) is 50.8. The zero-order valence-corrected chi connectivity index (χ0v) is 17.5. The Morgan fingerprint density at radius 1 is 0.962 bits per heavy atom. The predicted molar refractivity (Wildman–Crippen MR) is 107 cm³/mol. The number of ether oxygens (including phenoxy) is 1. The molecule has 0 radical (unpaired) electrons. The summed E-state index contributed by atoms with van der Waals surface area (Å²) in [4.78, 5) is 0. The summed E-state index contributed by atoms with van der Waals surface area (Å²) < 4.78 is 6.11. The maximum Gasteiger partial charge on any atom is 0.0630 e. The van der Waals surface area contributed by atoms with E-state index in [4.69, 9.17) is 4.74 Å². The van der Waals surface area contributed by atoms with Crippen molar-refractivity contribution in [2.75, 3.05) is 7.11 Å². The topological polar surface area (TPSA) is 29.5 Å². The smallest absolute Gasteiger partial charge is 0.0630 e. The molecule has 4 fully saturated rings. The summed E-state index contributed by atoms with van der Waals surface area (Å²) in [7, 11) is 1.97. The quantitative estimate of drug-likeness (QED) is 0.611. The third-order valence-corrected chi connectivity index (χ3v) is 9.81. The van der Waals surface area contributed by atoms with E-state index in [1.54, 1.807) is 0 Å². The fourth-order valence-corrected chi connectivity index (χ4v) is 8.53. The summed E-state index contributed by atoms with van der Waals surface area (Å²) in [6.45, 7) is 4.93. The molecule has 4 saturated carbocycles. The van der Waals surface area contributed by atoms with Crippen molar-refractivity contribution < 1.29 is 9.84 Å². The van der Waals surface area contributed by atoms with Crippen molar-refractivity contribution in [2.45, 2.75) is 110 Å². The zero-order valence-electron chi connectivity index (χ0n) is 17.5. The Bertz CT molecular complexity index is 491. The van der Waals surface area contributed by atoms with Gasteiger partial charge in [0, 0.05) is 7.11 Å². The minimum atomic E-state index is -0.0225. The lowest BCUT2D eigenvalue weighted by molar-refractivity contribution is -0.145. The summed E-state index contributed by atoms with van der Waals surface area (Å²) in [6.07, 6.45) is 17.7. The summed E-state index contributed by atoms with van der Waals surface area (Å²) in [5.41, 5.74) is 0.991. The number of methoxy groups -OCH3 is 1. The number of rotatable bonds is 5. The van der Waals surface area contributed by atoms with Crippen molar-refractivity contribution in [2.24, 2.45) is 34.5 Å². The molecule has 2 nitrogen and oxygen atoms in total. The standard InChI is InChI=1S/C24H42O2/c1-4-5-6-13-24-15-12-20-19(21(24)9-10-22(24)26-3)8-7-17-16-18(25)11-14-23(17,20)2/h17-22,25H,4-16H2,1-3H3/t17-,18-,19-,20+,21+,22+,23+,24+/m1/s1. The average molecular weight is 363 g/mol. The van der Waals surface area contributed by atoms with Gasteiger partial charge in [-0.15, -0.1) is 0 Å². The van der Waals surface area contributed by atoms with E-state index in [1.165, 1.54) is 70.6 Å². The monoisotopic (exact) mass is 362 g/mol. The minimum Gasteiger partial charge on any atom is -0.393 e. The molecule has 0 aromatic heterocycles. The number of hydrogen-bond acceptors (Lipinski definition) is 2. The lowest BCUT2D eigenvalue weighted by Gasteiger charge is -2.61. The molecule has 0 aromatic carbocycles. The second-order valence-corrected chi connectivity index (χ2v) is 10.6. The molecule has 0 bridgehead atoms. The van der Waals surface area contributed by atoms with Gasteiger partial charge in [-0.3, -0.25) is 0 Å². The molecule has 0 saturated heterocycles. The Morgan fingerprint density at radius 2 is 1.81 bits per heavy atom. The lowest BCUT2D eigenvalue weighted by atomic mass is 9.44. The van der Waals surface area contributed by atoms with Gasteiger partial charge in [0.1, 0.15) is 0 Å². The first-order valence-corrected chi connectivity index (χ1v) is 11.8. The highest BCUT2D eigenvalue weighted by Crippen LogP contribution is 2.67. The van der Waals surface area contributed by atoms with E-state index in [2.05, 4.69) is 13.8 Å². The molecule has 4 aliphatic carbocycles. The van der Waals surface area contributed by atoms with Crippen LogP contribution >= 0.6 is 0 Å². The van der Waals surface area contributed by atoms with E-state index >= 15 is 0 Å². The van der Waals surface area contributed by atoms with Gasteiger partial charge in [-0.2, -0.15) is 0 Å². The van der Waals surface area contributed by atoms with Crippen molar-refractivity contribution in [1.82, 2.24) is 0 Å². The molecule has 1 N–H and O–H groups in total. The fraction of sp³-hybridized carbons (Fsp3) is 1.00. The molecule has 0 heterocycles. The van der Waals surface area contributed by atoms with Crippen LogP contribution in [-0.2, 0) is 4.74 Å². The molecular formula is C24H42O2. The molecule has 0 amide bonds. The van der Waals surface area contributed by atoms with E-state index in [1.807, 2.05) is 7.11 Å². The Labute approximate surface area is 161 Å². The Morgan fingerprint density at radius 3 is 2.58 bits per heavy atom. The summed E-state index contributed by atoms with van der Waals surface area (Å²) in [5, 5.41) is 10.2. The Balaban J connectivity index is 1.57. The largest absolute Gasteiger partial charge is 0.393 e. The van der Waals surface area contributed by atoms with Crippen LogP contribution in [0.1, 0.15) is 97.3 Å². The van der Waals surface area contributed by atoms with E-state index in [-0.39, 0.29) is 6.10 Å². The zero-order chi connectivity index (χ0) is 18.4. The Hall–Kier alpha value is -0.0800. The van der Waals surface area contributed by atoms with Gasteiger partial charge in [0.15, 0.2) is 0 Å². The second-order valence-electron chi connectivity index (χ2n) is 10.6. The molecule has 4 aliphatic rings. The number of unbranched alkanes of at least 4 members (excludes halogenated alkanes) is 2. The van der Waals surface area contributed by atoms with Crippen molar-refractivity contribution in [3.8, 4) is 0 Å². The number of hydrogen-bond donors (Lipinski definition) is 1. The molecule has 0 unspecified atom stereocenters. The van der Waals surface area contributed by atoms with E-state index in [9.17, 15) is 5.11 Å². The molecule has 26 heavy (non-hydrogen) atoms. The maximum absolute atomic E-state index is 10.2. The van der Waals surface area contributed by atoms with Gasteiger partial charge in [-0.05, 0) is 98.7 Å². The highest BCUT2D eigenvalue weighted by atomic mass is 16.5. The van der Waals surface area contributed by atoms with E-state index in [0.717, 1.165) is 36.5 Å². The minimum absolute atomic E-state index is 0.0225. The van der Waals surface area contributed by atoms with Crippen LogP contribution in [0.15, 0.2) is 0 Å². The van der Waals surface area contributed by atoms with Crippen LogP contribution in [-0.4, -0.2) is 24.4 Å². The highest BCUT2D eigenvalue weighted by molar-refractivity contribution is 5.10. The molecule has 0 aromatic rings. The third-order valence-electron chi connectivity index (χ3n) is 9.81. The van der Waals surface area contributed by atoms with Crippen LogP contribution in [0.25, 0.3) is 0 Å². The van der Waals surface area contributed by atoms with Gasteiger partial charge in [0.25, 0.3) is 0 Å². The molecule has 0 spiro atoms. The first-order valence-electron chi connectivity index (χ1n) is 11.8. The van der Waals surface area contributed by atoms with Gasteiger partial charge in [0.05, 0.1) is 12.2 Å². The van der Waals surface area contributed by atoms with Crippen LogP contribution in [0.5, 0.6) is 0 Å². The fourth-order valence-electron chi connectivity index (χ4n) is 8.53. The number of aliphatic hydroxyl groups is 1. The summed E-state index contributed by atoms with van der Waals surface area (Å²) >= 11 is 0. The van der Waals surface area contributed by atoms with Gasteiger partial charge in [0.2, 0.25) is 0 Å². The van der Waals surface area contributed by atoms with Crippen LogP contribution in [0, 0.1) is 34.5 Å². The summed E-state index contributed by atoms with van der Waals surface area (Å²) in [5.74, 6) is 3.53. The first kappa shape index (κ1) is 19.2. The van der Waals surface area contributed by atoms with Gasteiger partial charge in [-0.1, -0.05) is 33.1 Å². The highest BCUT2D eigenvalue weighted by Gasteiger charge is 2.61. The molecule has 8 atom stereocenters.